The molecule has 0 heterocycles. The third-order valence-corrected chi connectivity index (χ3v) is 4.95. The van der Waals surface area contributed by atoms with Gasteiger partial charge in [-0.05, 0) is 44.8 Å². The number of alkyl carbamates (subject to hydrolysis) is 1. The third kappa shape index (κ3) is 6.01. The number of ether oxygens (including phenoxy) is 2. The minimum absolute atomic E-state index is 0.0634. The molecule has 0 unspecified atom stereocenters. The molecular weight excluding hydrogens is 316 g/mol. The lowest BCUT2D eigenvalue weighted by molar-refractivity contribution is -0.0144. The summed E-state index contributed by atoms with van der Waals surface area (Å²) in [6.07, 6.45) is 2.72. The maximum Gasteiger partial charge on any atom is 0.407 e. The van der Waals surface area contributed by atoms with Crippen molar-refractivity contribution in [3.63, 3.8) is 0 Å². The Morgan fingerprint density at radius 1 is 1.16 bits per heavy atom. The van der Waals surface area contributed by atoms with E-state index in [1.165, 1.54) is 5.56 Å². The van der Waals surface area contributed by atoms with Crippen LogP contribution in [0.25, 0.3) is 0 Å². The van der Waals surface area contributed by atoms with Crippen molar-refractivity contribution in [3.05, 3.63) is 35.9 Å². The Morgan fingerprint density at radius 3 is 2.52 bits per heavy atom. The van der Waals surface area contributed by atoms with Crippen LogP contribution in [-0.2, 0) is 16.1 Å². The van der Waals surface area contributed by atoms with Crippen LogP contribution < -0.4 is 5.32 Å². The van der Waals surface area contributed by atoms with Crippen LogP contribution in [0.4, 0.5) is 4.79 Å². The third-order valence-electron chi connectivity index (χ3n) is 4.95. The molecule has 0 aromatic heterocycles. The molecule has 1 aromatic rings. The van der Waals surface area contributed by atoms with E-state index >= 15 is 0 Å². The minimum Gasteiger partial charge on any atom is -0.450 e. The van der Waals surface area contributed by atoms with Gasteiger partial charge in [0.1, 0.15) is 0 Å². The van der Waals surface area contributed by atoms with Crippen molar-refractivity contribution in [2.75, 3.05) is 19.7 Å². The smallest absolute Gasteiger partial charge is 0.407 e. The number of nitrogens with zero attached hydrogens (tertiary/aromatic N) is 1. The van der Waals surface area contributed by atoms with E-state index in [2.05, 4.69) is 36.2 Å². The molecule has 3 atom stereocenters. The van der Waals surface area contributed by atoms with E-state index in [1.54, 1.807) is 0 Å². The van der Waals surface area contributed by atoms with Gasteiger partial charge < -0.3 is 14.8 Å². The van der Waals surface area contributed by atoms with Crippen molar-refractivity contribution in [1.29, 1.82) is 0 Å². The molecule has 1 aromatic carbocycles. The first-order chi connectivity index (χ1) is 12.2. The van der Waals surface area contributed by atoms with Crippen LogP contribution in [0, 0.1) is 0 Å². The normalized spacial score (nSPS) is 23.4. The highest BCUT2D eigenvalue weighted by molar-refractivity contribution is 5.67. The van der Waals surface area contributed by atoms with Gasteiger partial charge in [0, 0.05) is 6.04 Å². The molecule has 0 spiro atoms. The predicted octanol–water partition coefficient (Wildman–Crippen LogP) is 3.58. The van der Waals surface area contributed by atoms with Gasteiger partial charge in [0.25, 0.3) is 0 Å². The number of carbonyl (C=O) groups is 1. The topological polar surface area (TPSA) is 50.8 Å². The number of rotatable bonds is 8. The summed E-state index contributed by atoms with van der Waals surface area (Å²) in [6.45, 7) is 9.14. The number of nitrogens with one attached hydrogen (secondary N) is 1. The van der Waals surface area contributed by atoms with Gasteiger partial charge in [-0.15, -0.1) is 0 Å². The summed E-state index contributed by atoms with van der Waals surface area (Å²) in [5.41, 5.74) is 1.18. The summed E-state index contributed by atoms with van der Waals surface area (Å²) >= 11 is 0. The average molecular weight is 348 g/mol. The number of benzene rings is 1. The van der Waals surface area contributed by atoms with Crippen LogP contribution >= 0.6 is 0 Å². The fourth-order valence-electron chi connectivity index (χ4n) is 3.66. The standard InChI is InChI=1S/C20H32N2O3/c1-4-22(5-2)19-13-12-17(14-18(19)21-20(23)24-6-3)25-15-16-10-8-7-9-11-16/h7-11,17-19H,4-6,12-15H2,1-3H3,(H,21,23)/t17-,18+,19+/m0/s1. The Bertz CT molecular complexity index is 505. The van der Waals surface area contributed by atoms with Gasteiger partial charge in [0.05, 0.1) is 25.4 Å². The lowest BCUT2D eigenvalue weighted by atomic mass is 9.87. The van der Waals surface area contributed by atoms with E-state index in [4.69, 9.17) is 9.47 Å². The van der Waals surface area contributed by atoms with Crippen molar-refractivity contribution < 1.29 is 14.3 Å². The van der Waals surface area contributed by atoms with E-state index < -0.39 is 0 Å². The summed E-state index contributed by atoms with van der Waals surface area (Å²) in [4.78, 5) is 14.4. The fourth-order valence-corrected chi connectivity index (χ4v) is 3.66. The molecule has 1 aliphatic carbocycles. The number of likely N-dealkylation sites (N-methyl/N-ethyl adjacent to an activating group) is 1. The molecule has 5 nitrogen and oxygen atoms in total. The Morgan fingerprint density at radius 2 is 1.88 bits per heavy atom. The zero-order valence-corrected chi connectivity index (χ0v) is 15.7. The summed E-state index contributed by atoms with van der Waals surface area (Å²) in [7, 11) is 0. The van der Waals surface area contributed by atoms with Crippen LogP contribution in [0.3, 0.4) is 0 Å². The van der Waals surface area contributed by atoms with E-state index in [-0.39, 0.29) is 18.2 Å². The number of hydrogen-bond acceptors (Lipinski definition) is 4. The van der Waals surface area contributed by atoms with E-state index in [0.717, 1.165) is 32.4 Å². The van der Waals surface area contributed by atoms with Gasteiger partial charge in [-0.2, -0.15) is 0 Å². The minimum atomic E-state index is -0.326. The van der Waals surface area contributed by atoms with Crippen LogP contribution in [-0.4, -0.2) is 48.9 Å². The summed E-state index contributed by atoms with van der Waals surface area (Å²) in [5, 5.41) is 3.06. The maximum atomic E-state index is 11.9. The number of carbonyl (C=O) groups excluding carboxylic acids is 1. The average Bonchev–Trinajstić information content (AvgIpc) is 2.63. The van der Waals surface area contributed by atoms with E-state index in [9.17, 15) is 4.79 Å². The van der Waals surface area contributed by atoms with Crippen LogP contribution in [0.1, 0.15) is 45.6 Å². The monoisotopic (exact) mass is 348 g/mol. The first-order valence-corrected chi connectivity index (χ1v) is 9.50. The van der Waals surface area contributed by atoms with Gasteiger partial charge in [-0.25, -0.2) is 4.79 Å². The first kappa shape index (κ1) is 19.7. The molecule has 140 valence electrons. The zero-order chi connectivity index (χ0) is 18.1. The molecule has 0 saturated heterocycles. The largest absolute Gasteiger partial charge is 0.450 e. The molecule has 1 fully saturated rings. The highest BCUT2D eigenvalue weighted by Crippen LogP contribution is 2.26. The van der Waals surface area contributed by atoms with Crippen molar-refractivity contribution >= 4 is 6.09 Å². The zero-order valence-electron chi connectivity index (χ0n) is 15.7. The quantitative estimate of drug-likeness (QED) is 0.780. The van der Waals surface area contributed by atoms with Crippen LogP contribution in [0.2, 0.25) is 0 Å². The summed E-state index contributed by atoms with van der Waals surface area (Å²) < 4.78 is 11.2. The van der Waals surface area contributed by atoms with Crippen LogP contribution in [0.15, 0.2) is 30.3 Å². The summed E-state index contributed by atoms with van der Waals surface area (Å²) in [5.74, 6) is 0. The fraction of sp³-hybridized carbons (Fsp3) is 0.650. The Balaban J connectivity index is 1.96. The van der Waals surface area contributed by atoms with E-state index in [1.807, 2.05) is 25.1 Å². The Labute approximate surface area is 151 Å². The molecule has 1 aliphatic rings. The molecule has 0 bridgehead atoms. The maximum absolute atomic E-state index is 11.9. The highest BCUT2D eigenvalue weighted by Gasteiger charge is 2.35. The molecule has 0 radical (unpaired) electrons. The second-order valence-corrected chi connectivity index (χ2v) is 6.49. The number of amides is 1. The molecule has 5 heteroatoms. The van der Waals surface area contributed by atoms with Gasteiger partial charge in [0.15, 0.2) is 0 Å². The molecule has 1 N–H and O–H groups in total. The van der Waals surface area contributed by atoms with Crippen molar-refractivity contribution in [1.82, 2.24) is 10.2 Å². The molecule has 0 aliphatic heterocycles. The first-order valence-electron chi connectivity index (χ1n) is 9.50. The second-order valence-electron chi connectivity index (χ2n) is 6.49. The lowest BCUT2D eigenvalue weighted by Gasteiger charge is -2.41. The second kappa shape index (κ2) is 10.4. The Kier molecular flexibility index (Phi) is 8.22. The van der Waals surface area contributed by atoms with Crippen molar-refractivity contribution in [2.24, 2.45) is 0 Å². The van der Waals surface area contributed by atoms with Gasteiger partial charge in [-0.3, -0.25) is 4.90 Å². The van der Waals surface area contributed by atoms with Crippen LogP contribution in [0.5, 0.6) is 0 Å². The molecule has 1 saturated carbocycles. The SMILES string of the molecule is CCOC(=O)N[C@@H]1C[C@@H](OCc2ccccc2)CC[C@H]1N(CC)CC. The molecule has 2 rings (SSSR count). The highest BCUT2D eigenvalue weighted by atomic mass is 16.5. The van der Waals surface area contributed by atoms with Crippen molar-refractivity contribution in [3.8, 4) is 0 Å². The van der Waals surface area contributed by atoms with E-state index in [0.29, 0.717) is 19.3 Å². The Hall–Kier alpha value is -1.59. The molecule has 25 heavy (non-hydrogen) atoms. The summed E-state index contributed by atoms with van der Waals surface area (Å²) in [6, 6.07) is 10.6. The lowest BCUT2D eigenvalue weighted by Crippen LogP contribution is -2.55. The molecular formula is C20H32N2O3. The van der Waals surface area contributed by atoms with Gasteiger partial charge in [0.2, 0.25) is 0 Å². The van der Waals surface area contributed by atoms with Gasteiger partial charge >= 0.3 is 6.09 Å². The van der Waals surface area contributed by atoms with Gasteiger partial charge in [-0.1, -0.05) is 44.2 Å². The number of hydrogen-bond donors (Lipinski definition) is 1. The van der Waals surface area contributed by atoms with Crippen molar-refractivity contribution in [2.45, 2.75) is 64.8 Å². The molecule has 1 amide bonds. The predicted molar refractivity (Wildman–Crippen MR) is 99.5 cm³/mol.